The average Bonchev–Trinajstić information content (AvgIpc) is 3.38. The van der Waals surface area contributed by atoms with E-state index in [2.05, 4.69) is 59.5 Å². The third kappa shape index (κ3) is 11.1. The van der Waals surface area contributed by atoms with Crippen molar-refractivity contribution in [2.24, 2.45) is 5.92 Å². The number of carbonyl (C=O) groups is 2. The Labute approximate surface area is 232 Å². The van der Waals surface area contributed by atoms with Gasteiger partial charge in [-0.1, -0.05) is 66.7 Å². The molecule has 0 spiro atoms. The topological polar surface area (TPSA) is 87.1 Å². The van der Waals surface area contributed by atoms with Crippen LogP contribution in [0.1, 0.15) is 41.5 Å². The Hall–Kier alpha value is -3.85. The predicted octanol–water partition coefficient (Wildman–Crippen LogP) is 6.37. The zero-order valence-electron chi connectivity index (χ0n) is 22.1. The monoisotopic (exact) mass is 557 g/mol. The van der Waals surface area contributed by atoms with E-state index in [9.17, 15) is 18.0 Å². The summed E-state index contributed by atoms with van der Waals surface area (Å²) in [5, 5.41) is 15.9. The van der Waals surface area contributed by atoms with E-state index in [1.807, 2.05) is 24.3 Å². The highest BCUT2D eigenvalue weighted by Crippen LogP contribution is 2.23. The number of ether oxygens (including phenoxy) is 1. The number of nitrogens with zero attached hydrogens (tertiary/aromatic N) is 1. The lowest BCUT2D eigenvalue weighted by atomic mass is 9.99. The van der Waals surface area contributed by atoms with E-state index >= 15 is 0 Å². The summed E-state index contributed by atoms with van der Waals surface area (Å²) in [5.74, 6) is -1.93. The van der Waals surface area contributed by atoms with Crippen LogP contribution in [0, 0.1) is 5.92 Å². The van der Waals surface area contributed by atoms with Crippen LogP contribution in [0.5, 0.6) is 5.75 Å². The van der Waals surface area contributed by atoms with Gasteiger partial charge in [0.1, 0.15) is 12.4 Å². The minimum absolute atomic E-state index is 0.151. The molecule has 1 saturated heterocycles. The Morgan fingerprint density at radius 1 is 0.825 bits per heavy atom. The van der Waals surface area contributed by atoms with Crippen LogP contribution in [-0.2, 0) is 35.6 Å². The molecule has 1 unspecified atom stereocenters. The molecule has 0 radical (unpaired) electrons. The molecule has 0 aliphatic carbocycles. The number of rotatable bonds is 11. The molecule has 40 heavy (non-hydrogen) atoms. The lowest BCUT2D eigenvalue weighted by molar-refractivity contribution is -0.192. The van der Waals surface area contributed by atoms with Crippen molar-refractivity contribution < 1.29 is 37.7 Å². The highest BCUT2D eigenvalue weighted by molar-refractivity contribution is 5.73. The van der Waals surface area contributed by atoms with Gasteiger partial charge in [-0.25, -0.2) is 4.79 Å². The summed E-state index contributed by atoms with van der Waals surface area (Å²) in [4.78, 5) is 22.2. The number of hydrogen-bond acceptors (Lipinski definition) is 4. The molecule has 3 aromatic rings. The Morgan fingerprint density at radius 3 is 2.00 bits per heavy atom. The SMILES string of the molecule is O=C(O)C(F)(F)F.O=C(O)CCc1ccc(OCc2ccc(CN3CCC(CCc4ccccc4)C3)cc2)cc1. The third-order valence-corrected chi connectivity index (χ3v) is 6.68. The Morgan fingerprint density at radius 2 is 1.40 bits per heavy atom. The van der Waals surface area contributed by atoms with Crippen LogP contribution in [0.4, 0.5) is 13.2 Å². The van der Waals surface area contributed by atoms with Gasteiger partial charge in [0.2, 0.25) is 0 Å². The van der Waals surface area contributed by atoms with Gasteiger partial charge in [0.05, 0.1) is 0 Å². The fourth-order valence-electron chi connectivity index (χ4n) is 4.48. The fourth-order valence-corrected chi connectivity index (χ4v) is 4.48. The second-order valence-electron chi connectivity index (χ2n) is 9.86. The van der Waals surface area contributed by atoms with Gasteiger partial charge in [0.15, 0.2) is 0 Å². The molecule has 1 atom stereocenters. The number of carboxylic acid groups (broad SMARTS) is 2. The molecule has 214 valence electrons. The van der Waals surface area contributed by atoms with Crippen molar-refractivity contribution in [3.8, 4) is 5.75 Å². The molecule has 0 amide bonds. The van der Waals surface area contributed by atoms with Crippen molar-refractivity contribution in [2.75, 3.05) is 13.1 Å². The van der Waals surface area contributed by atoms with Crippen LogP contribution in [0.3, 0.4) is 0 Å². The molecule has 1 aliphatic heterocycles. The molecule has 1 heterocycles. The van der Waals surface area contributed by atoms with Crippen molar-refractivity contribution in [3.63, 3.8) is 0 Å². The molecule has 2 N–H and O–H groups in total. The third-order valence-electron chi connectivity index (χ3n) is 6.68. The van der Waals surface area contributed by atoms with E-state index in [1.54, 1.807) is 0 Å². The zero-order chi connectivity index (χ0) is 29.0. The fraction of sp³-hybridized carbons (Fsp3) is 0.355. The van der Waals surface area contributed by atoms with Gasteiger partial charge >= 0.3 is 18.1 Å². The van der Waals surface area contributed by atoms with Crippen LogP contribution in [0.25, 0.3) is 0 Å². The summed E-state index contributed by atoms with van der Waals surface area (Å²) >= 11 is 0. The molecule has 0 bridgehead atoms. The van der Waals surface area contributed by atoms with Gasteiger partial charge < -0.3 is 14.9 Å². The van der Waals surface area contributed by atoms with Gasteiger partial charge in [-0.2, -0.15) is 13.2 Å². The molecule has 9 heteroatoms. The minimum atomic E-state index is -5.08. The van der Waals surface area contributed by atoms with E-state index in [4.69, 9.17) is 19.7 Å². The van der Waals surface area contributed by atoms with Crippen LogP contribution >= 0.6 is 0 Å². The predicted molar refractivity (Wildman–Crippen MR) is 145 cm³/mol. The number of likely N-dealkylation sites (tertiary alicyclic amines) is 1. The van der Waals surface area contributed by atoms with Crippen molar-refractivity contribution in [2.45, 2.75) is 51.4 Å². The maximum atomic E-state index is 10.7. The van der Waals surface area contributed by atoms with Crippen LogP contribution < -0.4 is 4.74 Å². The summed E-state index contributed by atoms with van der Waals surface area (Å²) in [6.07, 6.45) is -0.634. The largest absolute Gasteiger partial charge is 0.490 e. The number of hydrogen-bond donors (Lipinski definition) is 2. The molecular weight excluding hydrogens is 523 g/mol. The summed E-state index contributed by atoms with van der Waals surface area (Å²) < 4.78 is 37.6. The van der Waals surface area contributed by atoms with Crippen molar-refractivity contribution in [3.05, 3.63) is 101 Å². The highest BCUT2D eigenvalue weighted by Gasteiger charge is 2.38. The first-order chi connectivity index (χ1) is 19.1. The number of benzene rings is 3. The molecule has 3 aromatic carbocycles. The summed E-state index contributed by atoms with van der Waals surface area (Å²) in [6, 6.07) is 27.2. The number of aliphatic carboxylic acids is 2. The second kappa shape index (κ2) is 15.1. The zero-order valence-corrected chi connectivity index (χ0v) is 22.1. The molecular formula is C31H34F3NO5. The number of aryl methyl sites for hydroxylation is 2. The average molecular weight is 558 g/mol. The van der Waals surface area contributed by atoms with Gasteiger partial charge in [-0.05, 0) is 72.5 Å². The smallest absolute Gasteiger partial charge is 0.489 e. The molecule has 0 aromatic heterocycles. The van der Waals surface area contributed by atoms with Gasteiger partial charge in [0.25, 0.3) is 0 Å². The Kier molecular flexibility index (Phi) is 11.6. The second-order valence-corrected chi connectivity index (χ2v) is 9.86. The van der Waals surface area contributed by atoms with E-state index in [1.165, 1.54) is 43.5 Å². The Bertz CT molecular complexity index is 1200. The van der Waals surface area contributed by atoms with Gasteiger partial charge in [-0.3, -0.25) is 9.69 Å². The first-order valence-corrected chi connectivity index (χ1v) is 13.2. The van der Waals surface area contributed by atoms with Crippen molar-refractivity contribution in [1.82, 2.24) is 4.90 Å². The van der Waals surface area contributed by atoms with E-state index in [0.29, 0.717) is 13.0 Å². The molecule has 1 fully saturated rings. The van der Waals surface area contributed by atoms with Crippen molar-refractivity contribution in [1.29, 1.82) is 0 Å². The number of alkyl halides is 3. The van der Waals surface area contributed by atoms with E-state index in [0.717, 1.165) is 29.3 Å². The highest BCUT2D eigenvalue weighted by atomic mass is 19.4. The molecule has 4 rings (SSSR count). The molecule has 0 saturated carbocycles. The van der Waals surface area contributed by atoms with Gasteiger partial charge in [0, 0.05) is 19.5 Å². The summed E-state index contributed by atoms with van der Waals surface area (Å²) in [5.41, 5.74) is 4.96. The van der Waals surface area contributed by atoms with E-state index in [-0.39, 0.29) is 6.42 Å². The molecule has 1 aliphatic rings. The quantitative estimate of drug-likeness (QED) is 0.285. The summed E-state index contributed by atoms with van der Waals surface area (Å²) in [7, 11) is 0. The van der Waals surface area contributed by atoms with Crippen LogP contribution in [0.15, 0.2) is 78.9 Å². The van der Waals surface area contributed by atoms with Crippen LogP contribution in [0.2, 0.25) is 0 Å². The number of carboxylic acids is 2. The van der Waals surface area contributed by atoms with Crippen molar-refractivity contribution >= 4 is 11.9 Å². The normalized spacial score (nSPS) is 15.2. The standard InChI is InChI=1S/C29H33NO3.C2HF3O2/c31-29(32)17-14-24-12-15-28(16-13-24)33-22-27-10-8-25(9-11-27)20-30-19-18-26(21-30)7-6-23-4-2-1-3-5-23;3-2(4,5)1(6)7/h1-5,8-13,15-16,26H,6-7,14,17-22H2,(H,31,32);(H,6,7). The Balaban J connectivity index is 0.000000559. The maximum absolute atomic E-state index is 10.7. The minimum Gasteiger partial charge on any atom is -0.489 e. The van der Waals surface area contributed by atoms with Gasteiger partial charge in [-0.15, -0.1) is 0 Å². The first-order valence-electron chi connectivity index (χ1n) is 13.2. The summed E-state index contributed by atoms with van der Waals surface area (Å²) in [6.45, 7) is 3.92. The maximum Gasteiger partial charge on any atom is 0.490 e. The van der Waals surface area contributed by atoms with Crippen LogP contribution in [-0.4, -0.2) is 46.3 Å². The lowest BCUT2D eigenvalue weighted by Crippen LogP contribution is -2.21. The molecule has 6 nitrogen and oxygen atoms in total. The number of halogens is 3. The van der Waals surface area contributed by atoms with E-state index < -0.39 is 18.1 Å². The lowest BCUT2D eigenvalue weighted by Gasteiger charge is -2.16. The first kappa shape index (κ1) is 30.7.